The van der Waals surface area contributed by atoms with Crippen LogP contribution in [0.25, 0.3) is 11.1 Å². The zero-order valence-corrected chi connectivity index (χ0v) is 9.37. The van der Waals surface area contributed by atoms with E-state index in [-0.39, 0.29) is 5.82 Å². The standard InChI is InChI=1S/C14H11FN2/c1-9-2-3-10(6-11(9)8-16)13-7-12(17)4-5-14(13)15/h2-7H,17H2,1H3. The fourth-order valence-electron chi connectivity index (χ4n) is 1.67. The van der Waals surface area contributed by atoms with Crippen LogP contribution in [0.15, 0.2) is 36.4 Å². The summed E-state index contributed by atoms with van der Waals surface area (Å²) in [7, 11) is 0. The topological polar surface area (TPSA) is 49.8 Å². The molecule has 0 aliphatic carbocycles. The predicted octanol–water partition coefficient (Wildman–Crippen LogP) is 3.26. The molecule has 0 spiro atoms. The van der Waals surface area contributed by atoms with Gasteiger partial charge in [-0.15, -0.1) is 0 Å². The Morgan fingerprint density at radius 3 is 2.65 bits per heavy atom. The minimum atomic E-state index is -0.341. The van der Waals surface area contributed by atoms with Gasteiger partial charge in [0.2, 0.25) is 0 Å². The van der Waals surface area contributed by atoms with E-state index in [9.17, 15) is 4.39 Å². The highest BCUT2D eigenvalue weighted by atomic mass is 19.1. The molecule has 0 saturated heterocycles. The van der Waals surface area contributed by atoms with Crippen LogP contribution in [0.2, 0.25) is 0 Å². The Morgan fingerprint density at radius 1 is 1.18 bits per heavy atom. The summed E-state index contributed by atoms with van der Waals surface area (Å²) in [6, 6.07) is 11.8. The number of nitrogen functional groups attached to an aromatic ring is 1. The summed E-state index contributed by atoms with van der Waals surface area (Å²) in [5.41, 5.74) is 8.64. The Hall–Kier alpha value is -2.34. The first kappa shape index (κ1) is 11.2. The van der Waals surface area contributed by atoms with Crippen molar-refractivity contribution < 1.29 is 4.39 Å². The molecule has 0 heterocycles. The van der Waals surface area contributed by atoms with E-state index < -0.39 is 0 Å². The molecule has 84 valence electrons. The summed E-state index contributed by atoms with van der Waals surface area (Å²) in [5, 5.41) is 8.95. The number of anilines is 1. The summed E-state index contributed by atoms with van der Waals surface area (Å²) in [4.78, 5) is 0. The predicted molar refractivity (Wildman–Crippen MR) is 65.7 cm³/mol. The molecular weight excluding hydrogens is 215 g/mol. The van der Waals surface area contributed by atoms with E-state index in [0.717, 1.165) is 5.56 Å². The van der Waals surface area contributed by atoms with Gasteiger partial charge in [-0.1, -0.05) is 12.1 Å². The summed E-state index contributed by atoms with van der Waals surface area (Å²) in [6.07, 6.45) is 0. The van der Waals surface area contributed by atoms with Gasteiger partial charge in [0.25, 0.3) is 0 Å². The van der Waals surface area contributed by atoms with Crippen LogP contribution in [-0.4, -0.2) is 0 Å². The largest absolute Gasteiger partial charge is 0.399 e. The maximum atomic E-state index is 13.7. The Balaban J connectivity index is 2.61. The van der Waals surface area contributed by atoms with Crippen molar-refractivity contribution in [3.63, 3.8) is 0 Å². The van der Waals surface area contributed by atoms with Gasteiger partial charge in [-0.25, -0.2) is 4.39 Å². The second kappa shape index (κ2) is 4.26. The number of nitrogens with two attached hydrogens (primary N) is 1. The Bertz CT molecular complexity index is 612. The van der Waals surface area contributed by atoms with Gasteiger partial charge < -0.3 is 5.73 Å². The minimum absolute atomic E-state index is 0.341. The van der Waals surface area contributed by atoms with Crippen LogP contribution in [0.1, 0.15) is 11.1 Å². The number of benzene rings is 2. The molecule has 3 heteroatoms. The molecule has 0 aromatic heterocycles. The van der Waals surface area contributed by atoms with Crippen molar-refractivity contribution in [3.8, 4) is 17.2 Å². The van der Waals surface area contributed by atoms with Gasteiger partial charge in [0.15, 0.2) is 0 Å². The summed E-state index contributed by atoms with van der Waals surface area (Å²) in [5.74, 6) is -0.341. The van der Waals surface area contributed by atoms with Crippen molar-refractivity contribution in [2.45, 2.75) is 6.92 Å². The third-order valence-corrected chi connectivity index (χ3v) is 2.66. The lowest BCUT2D eigenvalue weighted by molar-refractivity contribution is 0.631. The Labute approximate surface area is 99.1 Å². The van der Waals surface area contributed by atoms with E-state index in [1.54, 1.807) is 24.3 Å². The second-order valence-corrected chi connectivity index (χ2v) is 3.88. The molecule has 2 N–H and O–H groups in total. The quantitative estimate of drug-likeness (QED) is 0.759. The highest BCUT2D eigenvalue weighted by Gasteiger charge is 2.07. The SMILES string of the molecule is Cc1ccc(-c2cc(N)ccc2F)cc1C#N. The number of nitrogens with zero attached hydrogens (tertiary/aromatic N) is 1. The average molecular weight is 226 g/mol. The van der Waals surface area contributed by atoms with Crippen molar-refractivity contribution in [3.05, 3.63) is 53.3 Å². The van der Waals surface area contributed by atoms with Crippen molar-refractivity contribution >= 4 is 5.69 Å². The Morgan fingerprint density at radius 2 is 1.94 bits per heavy atom. The van der Waals surface area contributed by atoms with Crippen molar-refractivity contribution in [2.75, 3.05) is 5.73 Å². The average Bonchev–Trinajstić information content (AvgIpc) is 2.33. The van der Waals surface area contributed by atoms with Gasteiger partial charge in [-0.2, -0.15) is 5.26 Å². The van der Waals surface area contributed by atoms with E-state index >= 15 is 0 Å². The number of hydrogen-bond donors (Lipinski definition) is 1. The van der Waals surface area contributed by atoms with Gasteiger partial charge in [0.1, 0.15) is 5.82 Å². The lowest BCUT2D eigenvalue weighted by Gasteiger charge is -2.06. The molecular formula is C14H11FN2. The Kier molecular flexibility index (Phi) is 2.80. The third kappa shape index (κ3) is 2.11. The fraction of sp³-hybridized carbons (Fsp3) is 0.0714. The first-order valence-electron chi connectivity index (χ1n) is 5.18. The molecule has 0 fully saturated rings. The van der Waals surface area contributed by atoms with E-state index in [1.807, 2.05) is 6.92 Å². The zero-order chi connectivity index (χ0) is 12.4. The second-order valence-electron chi connectivity index (χ2n) is 3.88. The summed E-state index contributed by atoms with van der Waals surface area (Å²) in [6.45, 7) is 1.85. The van der Waals surface area contributed by atoms with Gasteiger partial charge >= 0.3 is 0 Å². The zero-order valence-electron chi connectivity index (χ0n) is 9.37. The maximum absolute atomic E-state index is 13.7. The molecule has 0 radical (unpaired) electrons. The molecule has 0 saturated carbocycles. The molecule has 2 aromatic carbocycles. The van der Waals surface area contributed by atoms with E-state index in [0.29, 0.717) is 22.4 Å². The monoisotopic (exact) mass is 226 g/mol. The fourth-order valence-corrected chi connectivity index (χ4v) is 1.67. The number of hydrogen-bond acceptors (Lipinski definition) is 2. The normalized spacial score (nSPS) is 9.94. The van der Waals surface area contributed by atoms with Gasteiger partial charge in [0.05, 0.1) is 11.6 Å². The smallest absolute Gasteiger partial charge is 0.131 e. The van der Waals surface area contributed by atoms with Crippen molar-refractivity contribution in [1.29, 1.82) is 5.26 Å². The molecule has 0 aliphatic heterocycles. The van der Waals surface area contributed by atoms with Crippen LogP contribution in [0.4, 0.5) is 10.1 Å². The van der Waals surface area contributed by atoms with E-state index in [4.69, 9.17) is 11.0 Å². The summed E-state index contributed by atoms with van der Waals surface area (Å²) < 4.78 is 13.7. The molecule has 2 nitrogen and oxygen atoms in total. The van der Waals surface area contributed by atoms with Crippen LogP contribution in [0.3, 0.4) is 0 Å². The third-order valence-electron chi connectivity index (χ3n) is 2.66. The van der Waals surface area contributed by atoms with Crippen LogP contribution in [0, 0.1) is 24.1 Å². The van der Waals surface area contributed by atoms with Crippen LogP contribution in [0.5, 0.6) is 0 Å². The van der Waals surface area contributed by atoms with Gasteiger partial charge in [-0.05, 0) is 42.3 Å². The summed E-state index contributed by atoms with van der Waals surface area (Å²) >= 11 is 0. The van der Waals surface area contributed by atoms with E-state index in [2.05, 4.69) is 6.07 Å². The number of nitriles is 1. The van der Waals surface area contributed by atoms with Crippen molar-refractivity contribution in [2.24, 2.45) is 0 Å². The van der Waals surface area contributed by atoms with Crippen LogP contribution in [-0.2, 0) is 0 Å². The van der Waals surface area contributed by atoms with Gasteiger partial charge in [0, 0.05) is 11.3 Å². The van der Waals surface area contributed by atoms with Crippen LogP contribution < -0.4 is 5.73 Å². The van der Waals surface area contributed by atoms with E-state index in [1.165, 1.54) is 12.1 Å². The first-order chi connectivity index (χ1) is 8.11. The highest BCUT2D eigenvalue weighted by Crippen LogP contribution is 2.26. The number of halogens is 1. The lowest BCUT2D eigenvalue weighted by Crippen LogP contribution is -1.91. The van der Waals surface area contributed by atoms with Crippen LogP contribution >= 0.6 is 0 Å². The molecule has 17 heavy (non-hydrogen) atoms. The number of aryl methyl sites for hydroxylation is 1. The molecule has 0 atom stereocenters. The van der Waals surface area contributed by atoms with Crippen molar-refractivity contribution in [1.82, 2.24) is 0 Å². The molecule has 2 rings (SSSR count). The maximum Gasteiger partial charge on any atom is 0.131 e. The minimum Gasteiger partial charge on any atom is -0.399 e. The number of rotatable bonds is 1. The molecule has 0 bridgehead atoms. The molecule has 0 unspecified atom stereocenters. The molecule has 2 aromatic rings. The molecule has 0 aliphatic rings. The molecule has 0 amide bonds. The first-order valence-corrected chi connectivity index (χ1v) is 5.18. The highest BCUT2D eigenvalue weighted by molar-refractivity contribution is 5.69. The lowest BCUT2D eigenvalue weighted by atomic mass is 9.99. The van der Waals surface area contributed by atoms with Gasteiger partial charge in [-0.3, -0.25) is 0 Å².